The van der Waals surface area contributed by atoms with E-state index in [1.54, 1.807) is 19.9 Å². The molecule has 3 aromatic heterocycles. The summed E-state index contributed by atoms with van der Waals surface area (Å²) in [4.78, 5) is 62.2. The number of carbonyl (C=O) groups is 3. The van der Waals surface area contributed by atoms with E-state index in [0.29, 0.717) is 12.3 Å². The van der Waals surface area contributed by atoms with Crippen LogP contribution in [0, 0.1) is 20.2 Å². The largest absolute Gasteiger partial charge is 0.477 e. The van der Waals surface area contributed by atoms with Crippen LogP contribution in [0.3, 0.4) is 0 Å². The van der Waals surface area contributed by atoms with Crippen LogP contribution in [0.2, 0.25) is 0 Å². The van der Waals surface area contributed by atoms with Gasteiger partial charge >= 0.3 is 17.9 Å². The highest BCUT2D eigenvalue weighted by Gasteiger charge is 2.11. The fourth-order valence-electron chi connectivity index (χ4n) is 2.17. The summed E-state index contributed by atoms with van der Waals surface area (Å²) >= 11 is 0. The topological polar surface area (TPSA) is 241 Å². The number of nitrogens with zero attached hydrogens (tertiary/aromatic N) is 5. The van der Waals surface area contributed by atoms with Crippen LogP contribution in [-0.2, 0) is 9.47 Å². The number of aromatic carboxylic acids is 1. The first kappa shape index (κ1) is 30.5. The molecule has 3 rings (SSSR count). The number of carboxylic acids is 1. The zero-order chi connectivity index (χ0) is 28.7. The average Bonchev–Trinajstić information content (AvgIpc) is 2.90. The van der Waals surface area contributed by atoms with Crippen LogP contribution in [0.5, 0.6) is 0 Å². The molecule has 200 valence electrons. The zero-order valence-electron chi connectivity index (χ0n) is 20.0. The number of hydrogen-bond donors (Lipinski definition) is 2. The van der Waals surface area contributed by atoms with Crippen LogP contribution in [-0.4, -0.2) is 61.0 Å². The van der Waals surface area contributed by atoms with Crippen LogP contribution < -0.4 is 5.73 Å². The van der Waals surface area contributed by atoms with E-state index in [4.69, 9.17) is 15.6 Å². The summed E-state index contributed by atoms with van der Waals surface area (Å²) in [6.45, 7) is 4.01. The van der Waals surface area contributed by atoms with E-state index >= 15 is 0 Å². The molecule has 0 amide bonds. The minimum absolute atomic E-state index is 0.0671. The first-order valence-corrected chi connectivity index (χ1v) is 10.5. The van der Waals surface area contributed by atoms with Gasteiger partial charge in [0.2, 0.25) is 0 Å². The van der Waals surface area contributed by atoms with Gasteiger partial charge in [-0.2, -0.15) is 0 Å². The average molecular weight is 530 g/mol. The number of carbonyl (C=O) groups excluding carboxylic acids is 2. The van der Waals surface area contributed by atoms with E-state index in [0.717, 1.165) is 24.5 Å². The second kappa shape index (κ2) is 15.5. The fourth-order valence-corrected chi connectivity index (χ4v) is 2.17. The molecule has 16 nitrogen and oxygen atoms in total. The number of nitrogens with two attached hydrogens (primary N) is 1. The summed E-state index contributed by atoms with van der Waals surface area (Å²) in [6.07, 6.45) is 3.35. The van der Waals surface area contributed by atoms with Crippen molar-refractivity contribution in [2.75, 3.05) is 18.9 Å². The van der Waals surface area contributed by atoms with Crippen LogP contribution >= 0.6 is 0 Å². The third kappa shape index (κ3) is 10.4. The SMILES string of the molecule is CCOC(=O)c1ccc(N)cn1.CCOC(=O)c1ccc([N+](=O)[O-])cn1.O=C(O)c1ccc([N+](=O)[O-])cn1. The van der Waals surface area contributed by atoms with E-state index in [-0.39, 0.29) is 35.1 Å². The number of hydrogen-bond acceptors (Lipinski definition) is 13. The second-order valence-corrected chi connectivity index (χ2v) is 6.54. The Hall–Kier alpha value is -5.54. The second-order valence-electron chi connectivity index (χ2n) is 6.54. The zero-order valence-corrected chi connectivity index (χ0v) is 20.0. The highest BCUT2D eigenvalue weighted by molar-refractivity contribution is 5.87. The molecular weight excluding hydrogens is 508 g/mol. The summed E-state index contributed by atoms with van der Waals surface area (Å²) in [5.74, 6) is -2.20. The molecule has 0 saturated carbocycles. The van der Waals surface area contributed by atoms with Gasteiger partial charge in [0.1, 0.15) is 29.5 Å². The van der Waals surface area contributed by atoms with Crippen molar-refractivity contribution in [3.05, 3.63) is 92.3 Å². The maximum absolute atomic E-state index is 11.1. The van der Waals surface area contributed by atoms with Crippen LogP contribution in [0.1, 0.15) is 45.3 Å². The van der Waals surface area contributed by atoms with Gasteiger partial charge in [0.25, 0.3) is 11.4 Å². The number of rotatable bonds is 7. The standard InChI is InChI=1S/C8H8N2O4.C8H10N2O2.C6H4N2O4/c1-2-14-8(11)7-4-3-6(5-9-7)10(12)13;1-2-12-8(11)7-4-3-6(9)5-10-7;9-6(10)5-2-1-4(3-7-5)8(11)12/h3-5H,2H2,1H3;3-5H,2,9H2,1H3;1-3H,(H,9,10). The van der Waals surface area contributed by atoms with E-state index in [1.165, 1.54) is 24.4 Å². The molecule has 0 radical (unpaired) electrons. The third-order valence-corrected chi connectivity index (χ3v) is 3.89. The number of pyridine rings is 3. The maximum atomic E-state index is 11.1. The number of nitro groups is 2. The van der Waals surface area contributed by atoms with Crippen molar-refractivity contribution in [1.82, 2.24) is 15.0 Å². The Kier molecular flexibility index (Phi) is 12.4. The lowest BCUT2D eigenvalue weighted by atomic mass is 10.3. The molecule has 3 heterocycles. The molecule has 0 saturated heterocycles. The number of anilines is 1. The van der Waals surface area contributed by atoms with Crippen molar-refractivity contribution in [1.29, 1.82) is 0 Å². The van der Waals surface area contributed by atoms with Crippen molar-refractivity contribution >= 4 is 35.0 Å². The number of nitrogen functional groups attached to an aromatic ring is 1. The minimum Gasteiger partial charge on any atom is -0.477 e. The van der Waals surface area contributed by atoms with Crippen LogP contribution in [0.15, 0.2) is 55.0 Å². The predicted octanol–water partition coefficient (Wildman–Crippen LogP) is 2.70. The van der Waals surface area contributed by atoms with E-state index in [2.05, 4.69) is 19.7 Å². The van der Waals surface area contributed by atoms with Crippen molar-refractivity contribution in [2.45, 2.75) is 13.8 Å². The third-order valence-electron chi connectivity index (χ3n) is 3.89. The Morgan fingerprint density at radius 1 is 0.763 bits per heavy atom. The molecule has 0 aliphatic heterocycles. The number of carboxylic acid groups (broad SMARTS) is 1. The summed E-state index contributed by atoms with van der Waals surface area (Å²) in [5.41, 5.74) is 5.68. The minimum atomic E-state index is -1.20. The molecule has 0 spiro atoms. The Morgan fingerprint density at radius 3 is 1.45 bits per heavy atom. The molecule has 0 unspecified atom stereocenters. The molecule has 16 heteroatoms. The van der Waals surface area contributed by atoms with Crippen molar-refractivity contribution in [2.24, 2.45) is 0 Å². The molecule has 0 aliphatic carbocycles. The molecule has 0 atom stereocenters. The van der Waals surface area contributed by atoms with Crippen molar-refractivity contribution in [3.8, 4) is 0 Å². The highest BCUT2D eigenvalue weighted by atomic mass is 16.6. The summed E-state index contributed by atoms with van der Waals surface area (Å²) < 4.78 is 9.38. The predicted molar refractivity (Wildman–Crippen MR) is 129 cm³/mol. The Balaban J connectivity index is 0.000000286. The van der Waals surface area contributed by atoms with Gasteiger partial charge in [0.15, 0.2) is 0 Å². The summed E-state index contributed by atoms with van der Waals surface area (Å²) in [5, 5.41) is 28.7. The number of aromatic nitrogens is 3. The summed E-state index contributed by atoms with van der Waals surface area (Å²) in [7, 11) is 0. The van der Waals surface area contributed by atoms with Crippen LogP contribution in [0.25, 0.3) is 0 Å². The normalized spacial score (nSPS) is 9.42. The Bertz CT molecular complexity index is 1220. The van der Waals surface area contributed by atoms with Gasteiger partial charge < -0.3 is 20.3 Å². The van der Waals surface area contributed by atoms with Gasteiger partial charge in [-0.3, -0.25) is 20.2 Å². The molecular formula is C22H22N6O10. The van der Waals surface area contributed by atoms with Gasteiger partial charge in [-0.05, 0) is 38.1 Å². The van der Waals surface area contributed by atoms with Crippen molar-refractivity contribution in [3.63, 3.8) is 0 Å². The highest BCUT2D eigenvalue weighted by Crippen LogP contribution is 2.10. The lowest BCUT2D eigenvalue weighted by molar-refractivity contribution is -0.385. The molecule has 3 N–H and O–H groups in total. The van der Waals surface area contributed by atoms with Gasteiger partial charge in [-0.1, -0.05) is 0 Å². The lowest BCUT2D eigenvalue weighted by Gasteiger charge is -1.99. The molecule has 0 aliphatic rings. The van der Waals surface area contributed by atoms with Gasteiger partial charge in [0, 0.05) is 12.1 Å². The molecule has 3 aromatic rings. The maximum Gasteiger partial charge on any atom is 0.356 e. The molecule has 0 aromatic carbocycles. The number of esters is 2. The molecule has 0 bridgehead atoms. The van der Waals surface area contributed by atoms with Gasteiger partial charge in [-0.15, -0.1) is 0 Å². The first-order chi connectivity index (χ1) is 18.0. The van der Waals surface area contributed by atoms with Crippen molar-refractivity contribution < 1.29 is 38.8 Å². The molecule has 0 fully saturated rings. The quantitative estimate of drug-likeness (QED) is 0.253. The Morgan fingerprint density at radius 2 is 1.16 bits per heavy atom. The van der Waals surface area contributed by atoms with E-state index in [9.17, 15) is 34.6 Å². The number of ether oxygens (including phenoxy) is 2. The van der Waals surface area contributed by atoms with E-state index < -0.39 is 27.8 Å². The lowest BCUT2D eigenvalue weighted by Crippen LogP contribution is -2.06. The smallest absolute Gasteiger partial charge is 0.356 e. The fraction of sp³-hybridized carbons (Fsp3) is 0.182. The van der Waals surface area contributed by atoms with E-state index in [1.807, 2.05) is 0 Å². The monoisotopic (exact) mass is 530 g/mol. The first-order valence-electron chi connectivity index (χ1n) is 10.5. The summed E-state index contributed by atoms with van der Waals surface area (Å²) in [6, 6.07) is 7.79. The van der Waals surface area contributed by atoms with Gasteiger partial charge in [0.05, 0.1) is 34.9 Å². The Labute approximate surface area is 214 Å². The molecule has 38 heavy (non-hydrogen) atoms. The van der Waals surface area contributed by atoms with Gasteiger partial charge in [-0.25, -0.2) is 29.3 Å². The van der Waals surface area contributed by atoms with Crippen LogP contribution in [0.4, 0.5) is 17.1 Å².